The van der Waals surface area contributed by atoms with Crippen LogP contribution in [0.4, 0.5) is 16.2 Å². The smallest absolute Gasteiger partial charge is 0.318 e. The molecule has 0 saturated heterocycles. The van der Waals surface area contributed by atoms with Gasteiger partial charge < -0.3 is 16.0 Å². The topological polar surface area (TPSA) is 70.2 Å². The molecular weight excluding hydrogens is 230 g/mol. The lowest BCUT2D eigenvalue weighted by atomic mass is 9.85. The Balaban J connectivity index is 1.90. The van der Waals surface area contributed by atoms with Gasteiger partial charge in [0.1, 0.15) is 0 Å². The van der Waals surface area contributed by atoms with E-state index in [4.69, 9.17) is 0 Å². The monoisotopic (exact) mass is 247 g/mol. The second-order valence-corrected chi connectivity index (χ2v) is 4.40. The molecule has 0 unspecified atom stereocenters. The van der Waals surface area contributed by atoms with Crippen LogP contribution >= 0.6 is 0 Å². The zero-order valence-corrected chi connectivity index (χ0v) is 10.3. The molecule has 0 spiro atoms. The van der Waals surface area contributed by atoms with Crippen molar-refractivity contribution in [2.24, 2.45) is 5.92 Å². The van der Waals surface area contributed by atoms with Crippen molar-refractivity contribution < 1.29 is 9.59 Å². The van der Waals surface area contributed by atoms with E-state index in [0.29, 0.717) is 5.69 Å². The third-order valence-corrected chi connectivity index (χ3v) is 3.11. The standard InChI is InChI=1S/C13H17N3O2/c1-14-13(18)16-11-7-5-10(6-8-11)15-12(17)9-3-2-4-9/h5-9H,2-4H2,1H3,(H,15,17)(H2,14,16,18). The summed E-state index contributed by atoms with van der Waals surface area (Å²) in [7, 11) is 1.56. The molecule has 1 saturated carbocycles. The minimum Gasteiger partial charge on any atom is -0.341 e. The number of hydrogen-bond donors (Lipinski definition) is 3. The number of benzene rings is 1. The van der Waals surface area contributed by atoms with Gasteiger partial charge in [-0.25, -0.2) is 4.79 Å². The van der Waals surface area contributed by atoms with Crippen molar-refractivity contribution >= 4 is 23.3 Å². The molecule has 0 aliphatic heterocycles. The molecule has 0 bridgehead atoms. The average molecular weight is 247 g/mol. The number of anilines is 2. The third-order valence-electron chi connectivity index (χ3n) is 3.11. The highest BCUT2D eigenvalue weighted by Gasteiger charge is 2.24. The van der Waals surface area contributed by atoms with E-state index in [-0.39, 0.29) is 17.9 Å². The number of hydrogen-bond acceptors (Lipinski definition) is 2. The van der Waals surface area contributed by atoms with Crippen molar-refractivity contribution in [2.75, 3.05) is 17.7 Å². The van der Waals surface area contributed by atoms with Crippen molar-refractivity contribution in [1.29, 1.82) is 0 Å². The summed E-state index contributed by atoms with van der Waals surface area (Å²) in [5.74, 6) is 0.266. The Morgan fingerprint density at radius 1 is 1.06 bits per heavy atom. The summed E-state index contributed by atoms with van der Waals surface area (Å²) < 4.78 is 0. The highest BCUT2D eigenvalue weighted by atomic mass is 16.2. The molecule has 1 aliphatic rings. The first kappa shape index (κ1) is 12.4. The fourth-order valence-corrected chi connectivity index (χ4v) is 1.75. The Kier molecular flexibility index (Phi) is 3.82. The highest BCUT2D eigenvalue weighted by molar-refractivity contribution is 5.93. The first-order chi connectivity index (χ1) is 8.69. The van der Waals surface area contributed by atoms with Crippen molar-refractivity contribution in [3.05, 3.63) is 24.3 Å². The minimum absolute atomic E-state index is 0.0910. The zero-order valence-electron chi connectivity index (χ0n) is 10.3. The molecule has 5 nitrogen and oxygen atoms in total. The molecule has 0 heterocycles. The van der Waals surface area contributed by atoms with Gasteiger partial charge in [-0.1, -0.05) is 6.42 Å². The van der Waals surface area contributed by atoms with Gasteiger partial charge in [-0.15, -0.1) is 0 Å². The van der Waals surface area contributed by atoms with E-state index in [2.05, 4.69) is 16.0 Å². The van der Waals surface area contributed by atoms with Gasteiger partial charge in [0.2, 0.25) is 5.91 Å². The van der Waals surface area contributed by atoms with Gasteiger partial charge in [0.25, 0.3) is 0 Å². The van der Waals surface area contributed by atoms with E-state index >= 15 is 0 Å². The Bertz CT molecular complexity index is 438. The maximum Gasteiger partial charge on any atom is 0.318 e. The highest BCUT2D eigenvalue weighted by Crippen LogP contribution is 2.27. The summed E-state index contributed by atoms with van der Waals surface area (Å²) in [5.41, 5.74) is 1.45. The van der Waals surface area contributed by atoms with Crippen LogP contribution in [0.1, 0.15) is 19.3 Å². The molecule has 1 aliphatic carbocycles. The molecule has 3 N–H and O–H groups in total. The molecule has 3 amide bonds. The summed E-state index contributed by atoms with van der Waals surface area (Å²) in [6, 6.07) is 6.81. The SMILES string of the molecule is CNC(=O)Nc1ccc(NC(=O)C2CCC2)cc1. The molecule has 18 heavy (non-hydrogen) atoms. The molecule has 0 atom stereocenters. The van der Waals surface area contributed by atoms with Crippen LogP contribution in [0.3, 0.4) is 0 Å². The Morgan fingerprint density at radius 2 is 1.61 bits per heavy atom. The van der Waals surface area contributed by atoms with Gasteiger partial charge in [0.15, 0.2) is 0 Å². The number of rotatable bonds is 3. The number of carbonyl (C=O) groups is 2. The summed E-state index contributed by atoms with van der Waals surface area (Å²) in [4.78, 5) is 22.8. The van der Waals surface area contributed by atoms with E-state index in [1.807, 2.05) is 0 Å². The number of urea groups is 1. The third kappa shape index (κ3) is 3.00. The van der Waals surface area contributed by atoms with Crippen LogP contribution in [0, 0.1) is 5.92 Å². The normalized spacial score (nSPS) is 14.5. The lowest BCUT2D eigenvalue weighted by Gasteiger charge is -2.24. The Hall–Kier alpha value is -2.04. The van der Waals surface area contributed by atoms with Crippen LogP contribution in [-0.4, -0.2) is 19.0 Å². The number of carbonyl (C=O) groups excluding carboxylic acids is 2. The maximum atomic E-state index is 11.7. The predicted molar refractivity (Wildman–Crippen MR) is 70.5 cm³/mol. The maximum absolute atomic E-state index is 11.7. The van der Waals surface area contributed by atoms with E-state index in [0.717, 1.165) is 24.9 Å². The van der Waals surface area contributed by atoms with Crippen molar-refractivity contribution in [3.8, 4) is 0 Å². The van der Waals surface area contributed by atoms with Crippen molar-refractivity contribution in [1.82, 2.24) is 5.32 Å². The van der Waals surface area contributed by atoms with Crippen LogP contribution in [-0.2, 0) is 4.79 Å². The zero-order chi connectivity index (χ0) is 13.0. The molecule has 0 radical (unpaired) electrons. The van der Waals surface area contributed by atoms with Gasteiger partial charge in [-0.2, -0.15) is 0 Å². The summed E-state index contributed by atoms with van der Waals surface area (Å²) >= 11 is 0. The van der Waals surface area contributed by atoms with Crippen LogP contribution in [0.2, 0.25) is 0 Å². The van der Waals surface area contributed by atoms with Crippen LogP contribution < -0.4 is 16.0 Å². The Labute approximate surface area is 106 Å². The lowest BCUT2D eigenvalue weighted by Crippen LogP contribution is -2.28. The average Bonchev–Trinajstić information content (AvgIpc) is 2.29. The van der Waals surface area contributed by atoms with E-state index in [1.54, 1.807) is 31.3 Å². The van der Waals surface area contributed by atoms with Gasteiger partial charge in [0.05, 0.1) is 0 Å². The van der Waals surface area contributed by atoms with Gasteiger partial charge >= 0.3 is 6.03 Å². The Morgan fingerprint density at radius 3 is 2.06 bits per heavy atom. The molecule has 5 heteroatoms. The molecular formula is C13H17N3O2. The minimum atomic E-state index is -0.263. The second-order valence-electron chi connectivity index (χ2n) is 4.40. The first-order valence-electron chi connectivity index (χ1n) is 6.08. The van der Waals surface area contributed by atoms with Crippen LogP contribution in [0.25, 0.3) is 0 Å². The second kappa shape index (κ2) is 5.53. The fraction of sp³-hybridized carbons (Fsp3) is 0.385. The quantitative estimate of drug-likeness (QED) is 0.766. The van der Waals surface area contributed by atoms with Gasteiger partial charge in [-0.05, 0) is 37.1 Å². The van der Waals surface area contributed by atoms with E-state index in [9.17, 15) is 9.59 Å². The number of amides is 3. The van der Waals surface area contributed by atoms with E-state index < -0.39 is 0 Å². The van der Waals surface area contributed by atoms with Gasteiger partial charge in [-0.3, -0.25) is 4.79 Å². The van der Waals surface area contributed by atoms with Crippen molar-refractivity contribution in [2.45, 2.75) is 19.3 Å². The molecule has 1 aromatic carbocycles. The molecule has 0 aromatic heterocycles. The summed E-state index contributed by atoms with van der Waals surface area (Å²) in [5, 5.41) is 8.00. The fourth-order valence-electron chi connectivity index (χ4n) is 1.75. The van der Waals surface area contributed by atoms with Gasteiger partial charge in [0, 0.05) is 24.3 Å². The molecule has 1 fully saturated rings. The molecule has 2 rings (SSSR count). The van der Waals surface area contributed by atoms with E-state index in [1.165, 1.54) is 0 Å². The predicted octanol–water partition coefficient (Wildman–Crippen LogP) is 2.18. The van der Waals surface area contributed by atoms with Crippen molar-refractivity contribution in [3.63, 3.8) is 0 Å². The van der Waals surface area contributed by atoms with Crippen LogP contribution in [0.5, 0.6) is 0 Å². The molecule has 96 valence electrons. The van der Waals surface area contributed by atoms with Crippen LogP contribution in [0.15, 0.2) is 24.3 Å². The lowest BCUT2D eigenvalue weighted by molar-refractivity contribution is -0.122. The summed E-state index contributed by atoms with van der Waals surface area (Å²) in [6.45, 7) is 0. The first-order valence-corrected chi connectivity index (χ1v) is 6.08. The summed E-state index contributed by atoms with van der Waals surface area (Å²) in [6.07, 6.45) is 3.12. The molecule has 1 aromatic rings. The largest absolute Gasteiger partial charge is 0.341 e. The number of nitrogens with one attached hydrogen (secondary N) is 3.